The van der Waals surface area contributed by atoms with Gasteiger partial charge in [-0.15, -0.1) is 101 Å². The van der Waals surface area contributed by atoms with Crippen molar-refractivity contribution in [1.82, 2.24) is 0 Å². The lowest BCUT2D eigenvalue weighted by Crippen LogP contribution is -2.29. The van der Waals surface area contributed by atoms with E-state index in [0.717, 1.165) is 19.3 Å². The van der Waals surface area contributed by atoms with E-state index in [9.17, 15) is 139 Å². The summed E-state index contributed by atoms with van der Waals surface area (Å²) in [5.74, 6) is 0.931. The molecule has 0 rings (SSSR count). The van der Waals surface area contributed by atoms with Gasteiger partial charge >= 0.3 is 0 Å². The van der Waals surface area contributed by atoms with Crippen molar-refractivity contribution in [1.29, 1.82) is 0 Å². The Balaban J connectivity index is -0.000000180. The third-order valence-corrected chi connectivity index (χ3v) is 16.0. The fraction of sp³-hybridized carbons (Fsp3) is 0.893. The molecule has 6 atom stereocenters. The van der Waals surface area contributed by atoms with Crippen molar-refractivity contribution in [2.24, 2.45) is 47.3 Å². The highest BCUT2D eigenvalue weighted by Crippen LogP contribution is 2.15. The Hall–Kier alpha value is -10.8. The van der Waals surface area contributed by atoms with Crippen LogP contribution in [0.3, 0.4) is 0 Å². The maximum Gasteiger partial charge on any atom is 0.294 e. The van der Waals surface area contributed by atoms with Crippen LogP contribution in [-0.2, 0) is 106 Å². The molecule has 744 valence electrons. The molecule has 2 unspecified atom stereocenters. The quantitative estimate of drug-likeness (QED) is 0.0310. The number of carbonyl (C=O) groups is 8. The topological polar surface area (TPSA) is 697 Å². The molecule has 0 amide bonds. The minimum absolute atomic E-state index is 0. The molecule has 52 heteroatoms. The summed E-state index contributed by atoms with van der Waals surface area (Å²) < 4.78 is 20.2. The summed E-state index contributed by atoms with van der Waals surface area (Å²) in [5, 5.41) is 90.5. The molecule has 0 aromatic rings. The van der Waals surface area contributed by atoms with Gasteiger partial charge in [-0.25, -0.2) is 0 Å². The first-order valence-electron chi connectivity index (χ1n) is 41.1. The number of carbonyl (C=O) groups excluding carboxylic acids is 8. The Bertz CT molecular complexity index is 2940. The van der Waals surface area contributed by atoms with Crippen LogP contribution >= 0.6 is 0 Å². The smallest absolute Gasteiger partial charge is 0.294 e. The fourth-order valence-corrected chi connectivity index (χ4v) is 8.32. The summed E-state index contributed by atoms with van der Waals surface area (Å²) in [6, 6.07) is 0. The van der Waals surface area contributed by atoms with Crippen molar-refractivity contribution in [3.05, 3.63) is 101 Å². The van der Waals surface area contributed by atoms with Crippen LogP contribution in [0.2, 0.25) is 0 Å². The third kappa shape index (κ3) is 104. The van der Waals surface area contributed by atoms with E-state index in [1.54, 1.807) is 62.3 Å². The molecule has 0 aliphatic heterocycles. The van der Waals surface area contributed by atoms with E-state index >= 15 is 0 Å². The van der Waals surface area contributed by atoms with Crippen LogP contribution in [0.25, 0.3) is 0 Å². The standard InChI is InChI=1S/C10H19NO5.C10H19NO4.C10H20O.2C9H16N2O8.2C9H16N2O7.C8H16O2.CH4/c1-4-9(16-11(13)14)7-15-6-5-10(12)8(2)3;1-4-9(15-11(13)14)6-5-7-10(12)8(2)3;1-4-5-6-7-8-10(11)9(2)3;2*1-7(2)9(12)3-4-17-5-8(19-11(15)16)6-18-10(13)14;2*1-7(2)9(12)5-3-4-8(18-11(15)16)6-17-10(13)14;1-4-5-10-6-8(9)7(2)3;/h8-9H,4-7H2,1-3H3;8-9H,4-7H2,1-3H3;9H,4-8H2,1-3H3;2*7-8H,3-6H2,1-2H3;2*7-8H,3-6H2,1-2H3;7H,4-6H2,1-3H3;1H4/t9-;;;8-;;2*8-;;/m0..0.10../s1. The first-order chi connectivity index (χ1) is 58.6. The number of unbranched alkanes of at least 4 members (excludes halogenated alkanes) is 3. The molecule has 0 aliphatic carbocycles. The largest absolute Gasteiger partial charge is 0.379 e. The predicted molar refractivity (Wildman–Crippen MR) is 447 cm³/mol. The number of rotatable bonds is 70. The minimum atomic E-state index is -1.21. The Morgan fingerprint density at radius 2 is 0.449 bits per heavy atom. The molecular formula is C75H142N10O42. The Morgan fingerprint density at radius 3 is 0.685 bits per heavy atom. The van der Waals surface area contributed by atoms with Gasteiger partial charge in [0.25, 0.3) is 50.9 Å². The monoisotopic (exact) mass is 1850 g/mol. The molecule has 0 aromatic heterocycles. The maximum atomic E-state index is 11.3. The Labute approximate surface area is 739 Å². The molecule has 0 saturated heterocycles. The summed E-state index contributed by atoms with van der Waals surface area (Å²) in [6.45, 7) is 35.6. The van der Waals surface area contributed by atoms with E-state index in [1.165, 1.54) is 19.3 Å². The highest BCUT2D eigenvalue weighted by Gasteiger charge is 2.23. The highest BCUT2D eigenvalue weighted by atomic mass is 17.0. The molecule has 52 nitrogen and oxygen atoms in total. The van der Waals surface area contributed by atoms with E-state index < -0.39 is 108 Å². The fourth-order valence-electron chi connectivity index (χ4n) is 8.32. The minimum Gasteiger partial charge on any atom is -0.379 e. The second-order valence-electron chi connectivity index (χ2n) is 29.6. The average molecular weight is 1860 g/mol. The molecule has 0 heterocycles. The lowest BCUT2D eigenvalue weighted by Gasteiger charge is -2.13. The van der Waals surface area contributed by atoms with Crippen LogP contribution in [0.15, 0.2) is 0 Å². The van der Waals surface area contributed by atoms with Gasteiger partial charge in [-0.1, -0.05) is 165 Å². The summed E-state index contributed by atoms with van der Waals surface area (Å²) in [7, 11) is 0. The second-order valence-corrected chi connectivity index (χ2v) is 29.6. The van der Waals surface area contributed by atoms with Crippen LogP contribution in [0, 0.1) is 148 Å². The van der Waals surface area contributed by atoms with Gasteiger partial charge in [0.05, 0.1) is 39.6 Å². The zero-order chi connectivity index (χ0) is 99.0. The van der Waals surface area contributed by atoms with E-state index in [1.807, 2.05) is 69.2 Å². The molecule has 127 heavy (non-hydrogen) atoms. The van der Waals surface area contributed by atoms with Crippen LogP contribution in [0.4, 0.5) is 0 Å². The Morgan fingerprint density at radius 1 is 0.228 bits per heavy atom. The van der Waals surface area contributed by atoms with Gasteiger partial charge in [-0.05, 0) is 64.2 Å². The van der Waals surface area contributed by atoms with E-state index in [4.69, 9.17) is 18.9 Å². The van der Waals surface area contributed by atoms with Crippen LogP contribution in [0.1, 0.15) is 274 Å². The average Bonchev–Trinajstić information content (AvgIpc) is 0.965. The van der Waals surface area contributed by atoms with Crippen molar-refractivity contribution in [3.8, 4) is 0 Å². The van der Waals surface area contributed by atoms with Gasteiger partial charge in [0.1, 0.15) is 97.9 Å². The van der Waals surface area contributed by atoms with Gasteiger partial charge in [-0.3, -0.25) is 38.4 Å². The summed E-state index contributed by atoms with van der Waals surface area (Å²) in [6.07, 6.45) is 6.15. The molecular weight excluding hydrogens is 1710 g/mol. The molecule has 0 N–H and O–H groups in total. The van der Waals surface area contributed by atoms with Gasteiger partial charge in [0.2, 0.25) is 0 Å². The van der Waals surface area contributed by atoms with Gasteiger partial charge in [0.15, 0.2) is 18.0 Å². The van der Waals surface area contributed by atoms with Crippen molar-refractivity contribution < 1.29 is 157 Å². The summed E-state index contributed by atoms with van der Waals surface area (Å²) in [5.41, 5.74) is 0. The predicted octanol–water partition coefficient (Wildman–Crippen LogP) is 12.6. The molecule has 0 aromatic carbocycles. The number of hydrogen-bond donors (Lipinski definition) is 0. The zero-order valence-corrected chi connectivity index (χ0v) is 76.3. The summed E-state index contributed by atoms with van der Waals surface area (Å²) >= 11 is 0. The lowest BCUT2D eigenvalue weighted by molar-refractivity contribution is -0.790. The molecule has 0 saturated carbocycles. The highest BCUT2D eigenvalue weighted by molar-refractivity contribution is 5.83. The van der Waals surface area contributed by atoms with Crippen molar-refractivity contribution >= 4 is 46.3 Å². The van der Waals surface area contributed by atoms with Crippen LogP contribution < -0.4 is 0 Å². The van der Waals surface area contributed by atoms with Gasteiger partial charge < -0.3 is 67.3 Å². The van der Waals surface area contributed by atoms with E-state index in [-0.39, 0.29) is 186 Å². The van der Waals surface area contributed by atoms with E-state index in [2.05, 4.69) is 55.3 Å². The molecule has 0 aliphatic rings. The van der Waals surface area contributed by atoms with Crippen LogP contribution in [-0.4, -0.2) is 213 Å². The number of hydrogen-bond acceptors (Lipinski definition) is 42. The van der Waals surface area contributed by atoms with Gasteiger partial charge in [0, 0.05) is 98.9 Å². The normalized spacial score (nSPS) is 11.7. The number of ether oxygens (including phenoxy) is 4. The number of Topliss-reactive ketones (excluding diaryl/α,β-unsaturated/α-hetero) is 8. The molecule has 0 bridgehead atoms. The lowest BCUT2D eigenvalue weighted by atomic mass is 10.0. The Kier molecular flexibility index (Phi) is 92.2. The molecule has 0 spiro atoms. The van der Waals surface area contributed by atoms with Crippen molar-refractivity contribution in [2.75, 3.05) is 79.3 Å². The van der Waals surface area contributed by atoms with E-state index in [0.29, 0.717) is 63.8 Å². The first-order valence-corrected chi connectivity index (χ1v) is 41.1. The second kappa shape index (κ2) is 87.3. The maximum absolute atomic E-state index is 11.3. The number of ketones is 8. The molecule has 0 fully saturated rings. The first kappa shape index (κ1) is 134. The van der Waals surface area contributed by atoms with Crippen molar-refractivity contribution in [2.45, 2.75) is 311 Å². The SMILES string of the molecule is C.CC(C)C(=O)CCC[C@@H](CO[N+](=O)[O-])O[N+](=O)[O-].CC(C)C(=O)CCC[C@H](CO[N+](=O)[O-])O[N+](=O)[O-].CC(C)C(=O)CCOCC(CO[N+](=O)[O-])O[N+](=O)[O-].CC(C)C(=O)CCOC[C@@H](CO[N+](=O)[O-])O[N+](=O)[O-].CCC(CCCC(=O)C(C)C)O[N+](=O)[O-].CCCCCCC(=O)C(C)C.CCCOCC(=O)C(C)C.CC[C@@H](COCCC(=O)C(C)C)O[N+](=O)[O-]. The van der Waals surface area contributed by atoms with Crippen LogP contribution in [0.5, 0.6) is 0 Å². The van der Waals surface area contributed by atoms with Crippen molar-refractivity contribution in [3.63, 3.8) is 0 Å². The molecule has 0 radical (unpaired) electrons. The zero-order valence-electron chi connectivity index (χ0n) is 76.3. The summed E-state index contributed by atoms with van der Waals surface area (Å²) in [4.78, 5) is 232. The third-order valence-electron chi connectivity index (χ3n) is 16.0. The van der Waals surface area contributed by atoms with Gasteiger partial charge in [-0.2, -0.15) is 0 Å². The number of nitrogens with zero attached hydrogens (tertiary/aromatic N) is 10.